The van der Waals surface area contributed by atoms with Crippen LogP contribution < -0.4 is 14.8 Å². The number of nitrogens with one attached hydrogen (secondary N) is 1. The Labute approximate surface area is 193 Å². The second-order valence-electron chi connectivity index (χ2n) is 6.67. The molecule has 4 rings (SSSR count). The van der Waals surface area contributed by atoms with Crippen molar-refractivity contribution in [2.45, 2.75) is 6.92 Å². The second-order valence-corrected chi connectivity index (χ2v) is 8.04. The summed E-state index contributed by atoms with van der Waals surface area (Å²) < 4.78 is 10.6. The number of pyridine rings is 2. The fourth-order valence-electron chi connectivity index (χ4n) is 3.04. The quantitative estimate of drug-likeness (QED) is 0.403. The average molecular weight is 468 g/mol. The number of benzene rings is 1. The first-order chi connectivity index (χ1) is 15.5. The van der Waals surface area contributed by atoms with E-state index in [1.165, 1.54) is 30.8 Å². The number of halogens is 1. The molecule has 4 aromatic rings. The molecule has 0 aliphatic heterocycles. The first kappa shape index (κ1) is 21.7. The second kappa shape index (κ2) is 9.29. The maximum atomic E-state index is 13.1. The first-order valence-electron chi connectivity index (χ1n) is 9.44. The van der Waals surface area contributed by atoms with E-state index in [2.05, 4.69) is 25.5 Å². The molecule has 1 aromatic carbocycles. The Bertz CT molecular complexity index is 1280. The molecule has 1 N–H and O–H groups in total. The zero-order valence-corrected chi connectivity index (χ0v) is 19.0. The number of nitrogens with zero attached hydrogens (tertiary/aromatic N) is 4. The molecule has 8 nitrogen and oxygen atoms in total. The molecule has 0 spiro atoms. The van der Waals surface area contributed by atoms with E-state index in [-0.39, 0.29) is 11.1 Å². The predicted molar refractivity (Wildman–Crippen MR) is 124 cm³/mol. The van der Waals surface area contributed by atoms with Gasteiger partial charge < -0.3 is 9.47 Å². The summed E-state index contributed by atoms with van der Waals surface area (Å²) in [6.45, 7) is 1.84. The summed E-state index contributed by atoms with van der Waals surface area (Å²) in [5.74, 6) is 0.865. The van der Waals surface area contributed by atoms with Crippen molar-refractivity contribution < 1.29 is 14.3 Å². The maximum Gasteiger partial charge on any atom is 0.259 e. The van der Waals surface area contributed by atoms with E-state index in [1.54, 1.807) is 19.2 Å². The zero-order chi connectivity index (χ0) is 22.7. The molecule has 0 saturated heterocycles. The molecule has 162 valence electrons. The van der Waals surface area contributed by atoms with Crippen molar-refractivity contribution in [1.82, 2.24) is 20.2 Å². The smallest absolute Gasteiger partial charge is 0.259 e. The highest BCUT2D eigenvalue weighted by molar-refractivity contribution is 7.18. The van der Waals surface area contributed by atoms with E-state index < -0.39 is 0 Å². The van der Waals surface area contributed by atoms with Gasteiger partial charge in [-0.05, 0) is 43.3 Å². The fourth-order valence-corrected chi connectivity index (χ4v) is 3.94. The molecule has 0 unspecified atom stereocenters. The number of aromatic nitrogens is 4. The summed E-state index contributed by atoms with van der Waals surface area (Å²) >= 11 is 7.36. The largest absolute Gasteiger partial charge is 0.497 e. The van der Waals surface area contributed by atoms with Crippen LogP contribution in [0.2, 0.25) is 5.15 Å². The molecule has 3 aromatic heterocycles. The van der Waals surface area contributed by atoms with Crippen molar-refractivity contribution in [3.05, 3.63) is 65.2 Å². The minimum absolute atomic E-state index is 0.287. The van der Waals surface area contributed by atoms with Gasteiger partial charge in [0.1, 0.15) is 21.7 Å². The Morgan fingerprint density at radius 3 is 2.50 bits per heavy atom. The van der Waals surface area contributed by atoms with Crippen LogP contribution in [0.3, 0.4) is 0 Å². The molecular formula is C22H18ClN5O3S. The van der Waals surface area contributed by atoms with E-state index in [0.717, 1.165) is 17.0 Å². The van der Waals surface area contributed by atoms with Crippen LogP contribution >= 0.6 is 22.9 Å². The maximum absolute atomic E-state index is 13.1. The van der Waals surface area contributed by atoms with Crippen LogP contribution in [0.4, 0.5) is 5.13 Å². The molecule has 0 bridgehead atoms. The Hall–Kier alpha value is -3.56. The lowest BCUT2D eigenvalue weighted by atomic mass is 10.0. The number of anilines is 1. The van der Waals surface area contributed by atoms with Crippen LogP contribution in [-0.2, 0) is 0 Å². The third kappa shape index (κ3) is 4.53. The lowest BCUT2D eigenvalue weighted by Gasteiger charge is -2.13. The SMILES string of the molecule is COc1ccc(-c2nnc(NC(=O)c3cnc(C)cc3-c3cc(Cl)ncc3OC)s2)cc1. The van der Waals surface area contributed by atoms with Gasteiger partial charge in [-0.15, -0.1) is 10.2 Å². The number of hydrogen-bond donors (Lipinski definition) is 1. The van der Waals surface area contributed by atoms with Gasteiger partial charge in [-0.3, -0.25) is 15.1 Å². The molecule has 32 heavy (non-hydrogen) atoms. The monoisotopic (exact) mass is 467 g/mol. The molecule has 10 heteroatoms. The van der Waals surface area contributed by atoms with Gasteiger partial charge in [0.25, 0.3) is 5.91 Å². The van der Waals surface area contributed by atoms with Crippen LogP contribution in [0, 0.1) is 6.92 Å². The molecule has 0 aliphatic rings. The van der Waals surface area contributed by atoms with Crippen molar-refractivity contribution in [1.29, 1.82) is 0 Å². The Kier molecular flexibility index (Phi) is 6.29. The molecule has 0 atom stereocenters. The van der Waals surface area contributed by atoms with E-state index >= 15 is 0 Å². The lowest BCUT2D eigenvalue weighted by molar-refractivity contribution is 0.102. The van der Waals surface area contributed by atoms with E-state index in [4.69, 9.17) is 21.1 Å². The Morgan fingerprint density at radius 1 is 1.00 bits per heavy atom. The third-order valence-corrected chi connectivity index (χ3v) is 5.71. The molecule has 3 heterocycles. The number of hydrogen-bond acceptors (Lipinski definition) is 8. The number of ether oxygens (including phenoxy) is 2. The van der Waals surface area contributed by atoms with Crippen molar-refractivity contribution in [2.24, 2.45) is 0 Å². The summed E-state index contributed by atoms with van der Waals surface area (Å²) in [4.78, 5) is 21.4. The summed E-state index contributed by atoms with van der Waals surface area (Å²) in [6, 6.07) is 10.9. The predicted octanol–water partition coefficient (Wildman–Crippen LogP) is 4.89. The normalized spacial score (nSPS) is 10.6. The average Bonchev–Trinajstić information content (AvgIpc) is 3.27. The van der Waals surface area contributed by atoms with Crippen LogP contribution in [0.1, 0.15) is 16.1 Å². The third-order valence-electron chi connectivity index (χ3n) is 4.61. The number of amides is 1. The van der Waals surface area contributed by atoms with Crippen LogP contribution in [0.5, 0.6) is 11.5 Å². The van der Waals surface area contributed by atoms with Crippen molar-refractivity contribution in [3.63, 3.8) is 0 Å². The summed E-state index contributed by atoms with van der Waals surface area (Å²) in [5, 5.41) is 12.4. The molecule has 0 saturated carbocycles. The number of aryl methyl sites for hydroxylation is 1. The topological polar surface area (TPSA) is 99.1 Å². The van der Waals surface area contributed by atoms with Gasteiger partial charge in [-0.1, -0.05) is 22.9 Å². The highest BCUT2D eigenvalue weighted by Crippen LogP contribution is 2.34. The number of rotatable bonds is 6. The van der Waals surface area contributed by atoms with Gasteiger partial charge in [0.2, 0.25) is 5.13 Å². The number of carbonyl (C=O) groups excluding carboxylic acids is 1. The highest BCUT2D eigenvalue weighted by Gasteiger charge is 2.19. The fraction of sp³-hybridized carbons (Fsp3) is 0.136. The Morgan fingerprint density at radius 2 is 1.78 bits per heavy atom. The molecule has 0 fully saturated rings. The van der Waals surface area contributed by atoms with Gasteiger partial charge in [-0.2, -0.15) is 0 Å². The number of carbonyl (C=O) groups is 1. The van der Waals surface area contributed by atoms with E-state index in [1.807, 2.05) is 31.2 Å². The van der Waals surface area contributed by atoms with Crippen molar-refractivity contribution in [2.75, 3.05) is 19.5 Å². The van der Waals surface area contributed by atoms with Crippen molar-refractivity contribution >= 4 is 34.0 Å². The molecule has 0 aliphatic carbocycles. The highest BCUT2D eigenvalue weighted by atomic mass is 35.5. The van der Waals surface area contributed by atoms with E-state index in [9.17, 15) is 4.79 Å². The standard InChI is InChI=1S/C22H18ClN5O3S/c1-12-8-15(16-9-19(23)25-11-18(16)31-3)17(10-24-12)20(29)26-22-28-27-21(32-22)13-4-6-14(30-2)7-5-13/h4-11H,1-3H3,(H,26,28,29). The molecular weight excluding hydrogens is 450 g/mol. The van der Waals surface area contributed by atoms with Crippen LogP contribution in [0.25, 0.3) is 21.7 Å². The van der Waals surface area contributed by atoms with E-state index in [0.29, 0.717) is 32.6 Å². The van der Waals surface area contributed by atoms with Crippen LogP contribution in [-0.4, -0.2) is 40.3 Å². The molecule has 1 amide bonds. The molecule has 0 radical (unpaired) electrons. The summed E-state index contributed by atoms with van der Waals surface area (Å²) in [6.07, 6.45) is 3.03. The Balaban J connectivity index is 1.64. The van der Waals surface area contributed by atoms with Gasteiger partial charge in [0.15, 0.2) is 0 Å². The minimum Gasteiger partial charge on any atom is -0.497 e. The first-order valence-corrected chi connectivity index (χ1v) is 10.6. The van der Waals surface area contributed by atoms with Gasteiger partial charge in [0.05, 0.1) is 26.0 Å². The zero-order valence-electron chi connectivity index (χ0n) is 17.4. The minimum atomic E-state index is -0.375. The summed E-state index contributed by atoms with van der Waals surface area (Å²) in [7, 11) is 3.14. The van der Waals surface area contributed by atoms with Gasteiger partial charge >= 0.3 is 0 Å². The lowest BCUT2D eigenvalue weighted by Crippen LogP contribution is -2.14. The summed E-state index contributed by atoms with van der Waals surface area (Å²) in [5.41, 5.74) is 3.22. The van der Waals surface area contributed by atoms with Crippen molar-refractivity contribution in [3.8, 4) is 33.2 Å². The van der Waals surface area contributed by atoms with Gasteiger partial charge in [0, 0.05) is 28.6 Å². The number of methoxy groups -OCH3 is 2. The van der Waals surface area contributed by atoms with Gasteiger partial charge in [-0.25, -0.2) is 4.98 Å². The van der Waals surface area contributed by atoms with Crippen LogP contribution in [0.15, 0.2) is 48.8 Å².